The van der Waals surface area contributed by atoms with E-state index in [1.807, 2.05) is 6.92 Å². The summed E-state index contributed by atoms with van der Waals surface area (Å²) in [6.07, 6.45) is 3.22. The topological polar surface area (TPSA) is 98.3 Å². The number of likely N-dealkylation sites (tertiary alicyclic amines) is 1. The summed E-state index contributed by atoms with van der Waals surface area (Å²) in [4.78, 5) is 31.3. The van der Waals surface area contributed by atoms with Crippen LogP contribution in [0.2, 0.25) is 0 Å². The number of urea groups is 1. The molecule has 0 unspecified atom stereocenters. The fourth-order valence-electron chi connectivity index (χ4n) is 3.19. The Labute approximate surface area is 155 Å². The molecule has 0 aromatic heterocycles. The number of guanidine groups is 1. The van der Waals surface area contributed by atoms with Crippen LogP contribution in [-0.2, 0) is 9.53 Å². The average Bonchev–Trinajstić information content (AvgIpc) is 2.95. The number of ether oxygens (including phenoxy) is 1. The molecule has 9 nitrogen and oxygen atoms in total. The predicted octanol–water partition coefficient (Wildman–Crippen LogP) is -0.406. The number of aliphatic imine (C=N–C) groups is 1. The number of amides is 3. The molecule has 3 N–H and O–H groups in total. The van der Waals surface area contributed by atoms with Gasteiger partial charge in [-0.1, -0.05) is 0 Å². The molecule has 3 amide bonds. The van der Waals surface area contributed by atoms with Crippen molar-refractivity contribution in [3.63, 3.8) is 0 Å². The van der Waals surface area contributed by atoms with Crippen molar-refractivity contribution in [1.82, 2.24) is 25.8 Å². The first-order chi connectivity index (χ1) is 12.6. The van der Waals surface area contributed by atoms with Crippen molar-refractivity contribution in [2.45, 2.75) is 32.2 Å². The molecule has 148 valence electrons. The summed E-state index contributed by atoms with van der Waals surface area (Å²) in [6, 6.07) is 0.0622. The molecule has 2 aliphatic rings. The van der Waals surface area contributed by atoms with Crippen LogP contribution in [0.3, 0.4) is 0 Å². The molecule has 2 heterocycles. The van der Waals surface area contributed by atoms with E-state index in [-0.39, 0.29) is 18.5 Å². The highest BCUT2D eigenvalue weighted by Gasteiger charge is 2.27. The van der Waals surface area contributed by atoms with Gasteiger partial charge in [-0.25, -0.2) is 4.79 Å². The summed E-state index contributed by atoms with van der Waals surface area (Å²) < 4.78 is 5.11. The lowest BCUT2D eigenvalue weighted by atomic mass is 10.1. The normalized spacial score (nSPS) is 19.8. The van der Waals surface area contributed by atoms with Gasteiger partial charge in [0.25, 0.3) is 0 Å². The predicted molar refractivity (Wildman–Crippen MR) is 100 cm³/mol. The first-order valence-electron chi connectivity index (χ1n) is 9.48. The Bertz CT molecular complexity index is 475. The van der Waals surface area contributed by atoms with Gasteiger partial charge in [0.2, 0.25) is 5.91 Å². The van der Waals surface area contributed by atoms with Crippen molar-refractivity contribution in [2.24, 2.45) is 4.99 Å². The van der Waals surface area contributed by atoms with Crippen LogP contribution in [0.4, 0.5) is 4.79 Å². The fourth-order valence-corrected chi connectivity index (χ4v) is 3.19. The second-order valence-corrected chi connectivity index (χ2v) is 6.57. The third-order valence-electron chi connectivity index (χ3n) is 4.63. The molecule has 0 radical (unpaired) electrons. The maximum atomic E-state index is 11.6. The van der Waals surface area contributed by atoms with Gasteiger partial charge in [0.1, 0.15) is 0 Å². The smallest absolute Gasteiger partial charge is 0.324 e. The second-order valence-electron chi connectivity index (χ2n) is 6.57. The Kier molecular flexibility index (Phi) is 8.63. The summed E-state index contributed by atoms with van der Waals surface area (Å²) >= 11 is 0. The highest BCUT2D eigenvalue weighted by Crippen LogP contribution is 2.10. The summed E-state index contributed by atoms with van der Waals surface area (Å²) in [7, 11) is 1.74. The van der Waals surface area contributed by atoms with Gasteiger partial charge in [0.15, 0.2) is 5.96 Å². The SMILES string of the molecule is CCNC(=NCCN1C(=O)CNC1=O)NC1CCN(CCCOC)CC1. The van der Waals surface area contributed by atoms with E-state index in [2.05, 4.69) is 25.8 Å². The van der Waals surface area contributed by atoms with Crippen LogP contribution in [0, 0.1) is 0 Å². The van der Waals surface area contributed by atoms with Gasteiger partial charge in [0.05, 0.1) is 19.6 Å². The molecule has 0 aromatic rings. The summed E-state index contributed by atoms with van der Waals surface area (Å²) in [5.74, 6) is 0.557. The van der Waals surface area contributed by atoms with Gasteiger partial charge >= 0.3 is 6.03 Å². The lowest BCUT2D eigenvalue weighted by Gasteiger charge is -2.33. The molecule has 0 saturated carbocycles. The van der Waals surface area contributed by atoms with Crippen LogP contribution >= 0.6 is 0 Å². The maximum Gasteiger partial charge on any atom is 0.324 e. The number of hydrogen-bond donors (Lipinski definition) is 3. The van der Waals surface area contributed by atoms with Gasteiger partial charge in [0, 0.05) is 45.9 Å². The van der Waals surface area contributed by atoms with Crippen molar-refractivity contribution < 1.29 is 14.3 Å². The summed E-state index contributed by atoms with van der Waals surface area (Å²) in [6.45, 7) is 7.62. The number of piperidine rings is 1. The molecule has 26 heavy (non-hydrogen) atoms. The van der Waals surface area contributed by atoms with E-state index < -0.39 is 0 Å². The summed E-state index contributed by atoms with van der Waals surface area (Å²) in [5, 5.41) is 9.23. The van der Waals surface area contributed by atoms with E-state index in [4.69, 9.17) is 4.74 Å². The van der Waals surface area contributed by atoms with Crippen LogP contribution in [0.5, 0.6) is 0 Å². The van der Waals surface area contributed by atoms with E-state index in [0.717, 1.165) is 58.0 Å². The molecular formula is C17H32N6O3. The minimum absolute atomic E-state index is 0.0871. The molecule has 0 aliphatic carbocycles. The molecule has 0 aromatic carbocycles. The Morgan fingerprint density at radius 2 is 2.08 bits per heavy atom. The van der Waals surface area contributed by atoms with Crippen molar-refractivity contribution >= 4 is 17.9 Å². The molecule has 0 spiro atoms. The number of carbonyl (C=O) groups excluding carboxylic acids is 2. The molecule has 2 fully saturated rings. The van der Waals surface area contributed by atoms with Crippen LogP contribution < -0.4 is 16.0 Å². The number of nitrogens with zero attached hydrogens (tertiary/aromatic N) is 3. The molecule has 9 heteroatoms. The molecule has 0 bridgehead atoms. The number of hydrogen-bond acceptors (Lipinski definition) is 5. The second kappa shape index (κ2) is 11.0. The standard InChI is InChI=1S/C17H32N6O3/c1-3-18-16(19-7-11-23-15(24)13-20-17(23)25)21-14-5-9-22(10-6-14)8-4-12-26-2/h14H,3-13H2,1-2H3,(H,20,25)(H2,18,19,21). The molecule has 0 atom stereocenters. The average molecular weight is 368 g/mol. The fraction of sp³-hybridized carbons (Fsp3) is 0.824. The van der Waals surface area contributed by atoms with Crippen LogP contribution in [0.25, 0.3) is 0 Å². The lowest BCUT2D eigenvalue weighted by Crippen LogP contribution is -2.49. The van der Waals surface area contributed by atoms with Crippen molar-refractivity contribution in [1.29, 1.82) is 0 Å². The Morgan fingerprint density at radius 3 is 2.69 bits per heavy atom. The third kappa shape index (κ3) is 6.45. The molecule has 2 rings (SSSR count). The number of carbonyl (C=O) groups is 2. The number of rotatable bonds is 9. The third-order valence-corrected chi connectivity index (χ3v) is 4.63. The van der Waals surface area contributed by atoms with E-state index in [1.54, 1.807) is 7.11 Å². The van der Waals surface area contributed by atoms with E-state index >= 15 is 0 Å². The largest absolute Gasteiger partial charge is 0.385 e. The first-order valence-corrected chi connectivity index (χ1v) is 9.48. The van der Waals surface area contributed by atoms with Gasteiger partial charge in [-0.2, -0.15) is 0 Å². The van der Waals surface area contributed by atoms with Crippen molar-refractivity contribution in [3.8, 4) is 0 Å². The lowest BCUT2D eigenvalue weighted by molar-refractivity contribution is -0.124. The van der Waals surface area contributed by atoms with Crippen LogP contribution in [0.15, 0.2) is 4.99 Å². The highest BCUT2D eigenvalue weighted by atomic mass is 16.5. The minimum atomic E-state index is -0.330. The van der Waals surface area contributed by atoms with Crippen LogP contribution in [0.1, 0.15) is 26.2 Å². The quantitative estimate of drug-likeness (QED) is 0.222. The Hall–Kier alpha value is -1.87. The zero-order chi connectivity index (χ0) is 18.8. The first kappa shape index (κ1) is 20.4. The number of nitrogens with one attached hydrogen (secondary N) is 3. The maximum absolute atomic E-state index is 11.6. The van der Waals surface area contributed by atoms with Crippen molar-refractivity contribution in [2.75, 3.05) is 59.5 Å². The molecule has 2 aliphatic heterocycles. The zero-order valence-electron chi connectivity index (χ0n) is 15.9. The summed E-state index contributed by atoms with van der Waals surface area (Å²) in [5.41, 5.74) is 0. The van der Waals surface area contributed by atoms with Gasteiger partial charge in [-0.3, -0.25) is 14.7 Å². The minimum Gasteiger partial charge on any atom is -0.385 e. The van der Waals surface area contributed by atoms with Gasteiger partial charge in [-0.05, 0) is 26.2 Å². The number of imide groups is 1. The monoisotopic (exact) mass is 368 g/mol. The zero-order valence-corrected chi connectivity index (χ0v) is 15.9. The Balaban J connectivity index is 1.73. The van der Waals surface area contributed by atoms with Crippen LogP contribution in [-0.4, -0.2) is 93.3 Å². The van der Waals surface area contributed by atoms with Gasteiger partial charge in [-0.15, -0.1) is 0 Å². The number of methoxy groups -OCH3 is 1. The molecule has 2 saturated heterocycles. The molecular weight excluding hydrogens is 336 g/mol. The van der Waals surface area contributed by atoms with Crippen molar-refractivity contribution in [3.05, 3.63) is 0 Å². The van der Waals surface area contributed by atoms with E-state index in [0.29, 0.717) is 19.1 Å². The highest BCUT2D eigenvalue weighted by molar-refractivity contribution is 6.01. The van der Waals surface area contributed by atoms with E-state index in [9.17, 15) is 9.59 Å². The van der Waals surface area contributed by atoms with Gasteiger partial charge < -0.3 is 25.6 Å². The van der Waals surface area contributed by atoms with E-state index in [1.165, 1.54) is 4.90 Å². The Morgan fingerprint density at radius 1 is 1.31 bits per heavy atom.